The van der Waals surface area contributed by atoms with E-state index >= 15 is 0 Å². The van der Waals surface area contributed by atoms with Gasteiger partial charge in [0.15, 0.2) is 0 Å². The van der Waals surface area contributed by atoms with Crippen LogP contribution in [0, 0.1) is 5.92 Å². The molecule has 0 bridgehead atoms. The van der Waals surface area contributed by atoms with Crippen LogP contribution in [0.15, 0.2) is 54.6 Å². The van der Waals surface area contributed by atoms with E-state index in [2.05, 4.69) is 57.7 Å². The molecule has 0 radical (unpaired) electrons. The minimum Gasteiger partial charge on any atom is -0.341 e. The molecule has 2 saturated heterocycles. The Labute approximate surface area is 263 Å². The van der Waals surface area contributed by atoms with E-state index in [1.807, 2.05) is 38.4 Å². The molecule has 4 unspecified atom stereocenters. The normalized spacial score (nSPS) is 25.6. The summed E-state index contributed by atoms with van der Waals surface area (Å²) in [5.41, 5.74) is 2.40. The number of hydrogen-bond donors (Lipinski definition) is 2. The number of carbonyl (C=O) groups excluding carboxylic acids is 2. The third-order valence-corrected chi connectivity index (χ3v) is 10.0. The molecular formula is C35H50ClN5O2. The summed E-state index contributed by atoms with van der Waals surface area (Å²) in [6, 6.07) is 19.2. The van der Waals surface area contributed by atoms with Crippen molar-refractivity contribution in [3.8, 4) is 0 Å². The second-order valence-corrected chi connectivity index (χ2v) is 13.6. The summed E-state index contributed by atoms with van der Waals surface area (Å²) in [6.45, 7) is 4.49. The highest BCUT2D eigenvalue weighted by Gasteiger charge is 2.40. The molecule has 5 rings (SSSR count). The summed E-state index contributed by atoms with van der Waals surface area (Å²) in [6.07, 6.45) is 9.16. The minimum atomic E-state index is -0.317. The number of amides is 3. The van der Waals surface area contributed by atoms with Crippen LogP contribution in [-0.4, -0.2) is 84.5 Å². The standard InChI is InChI=1S/C35H50ClN5O2/c1-25-24-40(21-19-33(25)41(35(43)39(2)3)30-12-8-5-9-13-30)34(42)32(22-26-14-16-28(36)17-15-26)38-29-18-20-37-31(23-29)27-10-6-4-7-11-27/h4,6-7,10-11,14-17,25,29-33,37-38H,5,8-9,12-13,18-24H2,1-3H3/t25?,29?,31?,32-,33?/m1/s1. The number of rotatable bonds is 8. The van der Waals surface area contributed by atoms with E-state index in [0.29, 0.717) is 30.6 Å². The quantitative estimate of drug-likeness (QED) is 0.393. The van der Waals surface area contributed by atoms with Crippen molar-refractivity contribution in [2.24, 2.45) is 5.92 Å². The molecule has 7 nitrogen and oxygen atoms in total. The van der Waals surface area contributed by atoms with Crippen LogP contribution in [-0.2, 0) is 11.2 Å². The fraction of sp³-hybridized carbons (Fsp3) is 0.600. The first-order valence-electron chi connectivity index (χ1n) is 16.4. The van der Waals surface area contributed by atoms with Gasteiger partial charge in [0.05, 0.1) is 6.04 Å². The highest BCUT2D eigenvalue weighted by atomic mass is 35.5. The average molecular weight is 608 g/mol. The molecular weight excluding hydrogens is 558 g/mol. The molecule has 234 valence electrons. The van der Waals surface area contributed by atoms with Crippen LogP contribution >= 0.6 is 11.6 Å². The smallest absolute Gasteiger partial charge is 0.319 e. The van der Waals surface area contributed by atoms with Crippen LogP contribution in [0.25, 0.3) is 0 Å². The number of halogens is 1. The van der Waals surface area contributed by atoms with Crippen molar-refractivity contribution in [2.75, 3.05) is 33.7 Å². The number of likely N-dealkylation sites (tertiary alicyclic amines) is 1. The zero-order chi connectivity index (χ0) is 30.3. The molecule has 3 fully saturated rings. The fourth-order valence-electron chi connectivity index (χ4n) is 7.49. The van der Waals surface area contributed by atoms with E-state index in [0.717, 1.165) is 44.2 Å². The van der Waals surface area contributed by atoms with Gasteiger partial charge in [0.1, 0.15) is 0 Å². The number of hydrogen-bond acceptors (Lipinski definition) is 4. The highest BCUT2D eigenvalue weighted by molar-refractivity contribution is 6.30. The predicted octanol–water partition coefficient (Wildman–Crippen LogP) is 5.89. The van der Waals surface area contributed by atoms with E-state index in [-0.39, 0.29) is 42.0 Å². The van der Waals surface area contributed by atoms with Gasteiger partial charge in [0, 0.05) is 56.4 Å². The van der Waals surface area contributed by atoms with Crippen molar-refractivity contribution in [1.82, 2.24) is 25.3 Å². The topological polar surface area (TPSA) is 67.9 Å². The Balaban J connectivity index is 1.29. The van der Waals surface area contributed by atoms with Gasteiger partial charge in [-0.15, -0.1) is 0 Å². The maximum atomic E-state index is 14.3. The number of benzene rings is 2. The molecule has 2 N–H and O–H groups in total. The molecule has 1 aliphatic carbocycles. The minimum absolute atomic E-state index is 0.115. The maximum Gasteiger partial charge on any atom is 0.319 e. The van der Waals surface area contributed by atoms with Gasteiger partial charge in [0.25, 0.3) is 0 Å². The second-order valence-electron chi connectivity index (χ2n) is 13.2. The van der Waals surface area contributed by atoms with Crippen molar-refractivity contribution >= 4 is 23.5 Å². The molecule has 8 heteroatoms. The molecule has 5 atom stereocenters. The van der Waals surface area contributed by atoms with Crippen LogP contribution in [0.5, 0.6) is 0 Å². The Morgan fingerprint density at radius 2 is 1.72 bits per heavy atom. The van der Waals surface area contributed by atoms with Crippen LogP contribution in [0.4, 0.5) is 4.79 Å². The third-order valence-electron chi connectivity index (χ3n) is 9.79. The molecule has 2 aromatic rings. The van der Waals surface area contributed by atoms with Crippen molar-refractivity contribution in [3.05, 3.63) is 70.7 Å². The Morgan fingerprint density at radius 3 is 2.40 bits per heavy atom. The van der Waals surface area contributed by atoms with Gasteiger partial charge < -0.3 is 25.3 Å². The monoisotopic (exact) mass is 607 g/mol. The predicted molar refractivity (Wildman–Crippen MR) is 174 cm³/mol. The average Bonchev–Trinajstić information content (AvgIpc) is 3.03. The zero-order valence-corrected chi connectivity index (χ0v) is 26.9. The molecule has 43 heavy (non-hydrogen) atoms. The summed E-state index contributed by atoms with van der Waals surface area (Å²) in [4.78, 5) is 33.7. The van der Waals surface area contributed by atoms with E-state index in [1.165, 1.54) is 24.8 Å². The Morgan fingerprint density at radius 1 is 1.00 bits per heavy atom. The number of piperidine rings is 2. The summed E-state index contributed by atoms with van der Waals surface area (Å²) < 4.78 is 0. The number of carbonyl (C=O) groups is 2. The van der Waals surface area contributed by atoms with Crippen molar-refractivity contribution in [1.29, 1.82) is 0 Å². The lowest BCUT2D eigenvalue weighted by Gasteiger charge is -2.48. The summed E-state index contributed by atoms with van der Waals surface area (Å²) >= 11 is 6.19. The van der Waals surface area contributed by atoms with Crippen molar-refractivity contribution < 1.29 is 9.59 Å². The van der Waals surface area contributed by atoms with E-state index < -0.39 is 0 Å². The van der Waals surface area contributed by atoms with E-state index in [4.69, 9.17) is 11.6 Å². The number of urea groups is 1. The molecule has 2 heterocycles. The Kier molecular flexibility index (Phi) is 11.0. The van der Waals surface area contributed by atoms with E-state index in [9.17, 15) is 9.59 Å². The molecule has 2 aromatic carbocycles. The van der Waals surface area contributed by atoms with E-state index in [1.54, 1.807) is 4.90 Å². The van der Waals surface area contributed by atoms with Crippen molar-refractivity contribution in [2.45, 2.75) is 94.9 Å². The first kappa shape index (κ1) is 31.8. The largest absolute Gasteiger partial charge is 0.341 e. The van der Waals surface area contributed by atoms with Gasteiger partial charge in [-0.2, -0.15) is 0 Å². The zero-order valence-electron chi connectivity index (χ0n) is 26.2. The van der Waals surface area contributed by atoms with Crippen LogP contribution in [0.3, 0.4) is 0 Å². The van der Waals surface area contributed by atoms with Gasteiger partial charge in [-0.1, -0.05) is 80.3 Å². The SMILES string of the molecule is CC1CN(C(=O)[C@@H](Cc2ccc(Cl)cc2)NC2CCNC(c3ccccc3)C2)CCC1N(C(=O)N(C)C)C1CCCCC1. The number of nitrogens with one attached hydrogen (secondary N) is 2. The lowest BCUT2D eigenvalue weighted by Crippen LogP contribution is -2.60. The van der Waals surface area contributed by atoms with Crippen molar-refractivity contribution in [3.63, 3.8) is 0 Å². The molecule has 2 aliphatic heterocycles. The first-order chi connectivity index (χ1) is 20.8. The van der Waals surface area contributed by atoms with Gasteiger partial charge in [0.2, 0.25) is 5.91 Å². The summed E-state index contributed by atoms with van der Waals surface area (Å²) in [5.74, 6) is 0.374. The lowest BCUT2D eigenvalue weighted by molar-refractivity contribution is -0.136. The summed E-state index contributed by atoms with van der Waals surface area (Å²) in [7, 11) is 3.72. The first-order valence-corrected chi connectivity index (χ1v) is 16.7. The molecule has 3 amide bonds. The highest BCUT2D eigenvalue weighted by Crippen LogP contribution is 2.32. The molecule has 1 saturated carbocycles. The molecule has 0 spiro atoms. The van der Waals surface area contributed by atoms with Gasteiger partial charge >= 0.3 is 6.03 Å². The van der Waals surface area contributed by atoms with Crippen LogP contribution in [0.1, 0.15) is 75.5 Å². The second kappa shape index (κ2) is 14.9. The summed E-state index contributed by atoms with van der Waals surface area (Å²) in [5, 5.41) is 8.18. The number of nitrogens with zero attached hydrogens (tertiary/aromatic N) is 3. The third kappa shape index (κ3) is 8.11. The Bertz CT molecular complexity index is 1190. The fourth-order valence-corrected chi connectivity index (χ4v) is 7.62. The lowest BCUT2D eigenvalue weighted by atomic mass is 9.87. The van der Waals surface area contributed by atoms with Gasteiger partial charge in [-0.05, 0) is 74.2 Å². The van der Waals surface area contributed by atoms with Crippen LogP contribution in [0.2, 0.25) is 5.02 Å². The van der Waals surface area contributed by atoms with Crippen LogP contribution < -0.4 is 10.6 Å². The molecule has 0 aromatic heterocycles. The molecule has 3 aliphatic rings. The maximum absolute atomic E-state index is 14.3. The van der Waals surface area contributed by atoms with Gasteiger partial charge in [-0.3, -0.25) is 4.79 Å². The Hall–Kier alpha value is -2.61. The van der Waals surface area contributed by atoms with Gasteiger partial charge in [-0.25, -0.2) is 4.79 Å².